The van der Waals surface area contributed by atoms with Gasteiger partial charge in [-0.1, -0.05) is 13.8 Å². The van der Waals surface area contributed by atoms with Crippen molar-refractivity contribution in [2.75, 3.05) is 0 Å². The zero-order valence-corrected chi connectivity index (χ0v) is 8.03. The van der Waals surface area contributed by atoms with E-state index in [4.69, 9.17) is 0 Å². The third kappa shape index (κ3) is 7.89. The third-order valence-electron chi connectivity index (χ3n) is 0.848. The van der Waals surface area contributed by atoms with Crippen molar-refractivity contribution in [3.63, 3.8) is 0 Å². The van der Waals surface area contributed by atoms with E-state index in [9.17, 15) is 0 Å². The summed E-state index contributed by atoms with van der Waals surface area (Å²) in [5, 5.41) is 5.99. The molecule has 10 heavy (non-hydrogen) atoms. The minimum atomic E-state index is 0.545. The van der Waals surface area contributed by atoms with Crippen LogP contribution in [0.4, 0.5) is 0 Å². The van der Waals surface area contributed by atoms with E-state index in [-0.39, 0.29) is 0 Å². The molecule has 1 N–H and O–H groups in total. The van der Waals surface area contributed by atoms with Crippen LogP contribution in [0.3, 0.4) is 0 Å². The maximum Gasteiger partial charge on any atom is 0.0199 e. The Morgan fingerprint density at radius 1 is 1.20 bits per heavy atom. The maximum atomic E-state index is 3.20. The van der Waals surface area contributed by atoms with Crippen molar-refractivity contribution in [1.29, 1.82) is 0 Å². The van der Waals surface area contributed by atoms with Crippen LogP contribution in [0.1, 0.15) is 27.7 Å². The molecule has 0 saturated carbocycles. The van der Waals surface area contributed by atoms with E-state index in [1.165, 1.54) is 0 Å². The lowest BCUT2D eigenvalue weighted by molar-refractivity contribution is 0.703. The second-order valence-electron chi connectivity index (χ2n) is 2.81. The summed E-state index contributed by atoms with van der Waals surface area (Å²) in [5.74, 6) is 0. The van der Waals surface area contributed by atoms with Gasteiger partial charge in [-0.3, -0.25) is 0 Å². The Balaban J connectivity index is 3.20. The first-order chi connectivity index (χ1) is 4.63. The quantitative estimate of drug-likeness (QED) is 0.676. The van der Waals surface area contributed by atoms with Crippen LogP contribution in [-0.4, -0.2) is 11.3 Å². The molecular formula is C8H17NS. The van der Waals surface area contributed by atoms with Crippen molar-refractivity contribution in [2.45, 2.75) is 39.0 Å². The molecule has 0 spiro atoms. The van der Waals surface area contributed by atoms with Gasteiger partial charge in [-0.2, -0.15) is 0 Å². The summed E-state index contributed by atoms with van der Waals surface area (Å²) in [6.07, 6.45) is 2.01. The molecule has 0 rings (SSSR count). The fourth-order valence-corrected chi connectivity index (χ4v) is 0.900. The van der Waals surface area contributed by atoms with Gasteiger partial charge in [0.2, 0.25) is 0 Å². The van der Waals surface area contributed by atoms with Gasteiger partial charge in [0.15, 0.2) is 0 Å². The average molecular weight is 159 g/mol. The molecule has 0 fully saturated rings. The highest BCUT2D eigenvalue weighted by atomic mass is 32.2. The zero-order chi connectivity index (χ0) is 7.98. The number of hydrogen-bond acceptors (Lipinski definition) is 2. The molecule has 0 aliphatic rings. The van der Waals surface area contributed by atoms with Crippen molar-refractivity contribution in [3.05, 3.63) is 11.6 Å². The van der Waals surface area contributed by atoms with E-state index in [1.54, 1.807) is 0 Å². The van der Waals surface area contributed by atoms with Gasteiger partial charge in [-0.25, -0.2) is 0 Å². The van der Waals surface area contributed by atoms with E-state index in [0.717, 1.165) is 0 Å². The molecule has 0 radical (unpaired) electrons. The lowest BCUT2D eigenvalue weighted by Gasteiger charge is -2.03. The molecule has 0 aromatic rings. The first kappa shape index (κ1) is 9.89. The molecule has 2 heteroatoms. The normalized spacial score (nSPS) is 11.8. The highest BCUT2D eigenvalue weighted by molar-refractivity contribution is 8.02. The molecule has 0 bridgehead atoms. The van der Waals surface area contributed by atoms with Crippen LogP contribution in [0.25, 0.3) is 0 Å². The van der Waals surface area contributed by atoms with E-state index in [0.29, 0.717) is 11.3 Å². The summed E-state index contributed by atoms with van der Waals surface area (Å²) < 4.78 is 0. The van der Waals surface area contributed by atoms with E-state index in [2.05, 4.69) is 38.4 Å². The van der Waals surface area contributed by atoms with E-state index >= 15 is 0 Å². The monoisotopic (exact) mass is 159 g/mol. The lowest BCUT2D eigenvalue weighted by Crippen LogP contribution is -2.14. The molecule has 0 unspecified atom stereocenters. The van der Waals surface area contributed by atoms with E-state index < -0.39 is 0 Å². The van der Waals surface area contributed by atoms with Gasteiger partial charge in [-0.05, 0) is 19.3 Å². The van der Waals surface area contributed by atoms with Crippen molar-refractivity contribution >= 4 is 11.8 Å². The fraction of sp³-hybridized carbons (Fsp3) is 0.750. The summed E-state index contributed by atoms with van der Waals surface area (Å²) in [6.45, 7) is 8.63. The standard InChI is InChI=1S/C8H17NS/c1-7(2)9-5-6-10-8(3)4/h5-9H,1-4H3. The number of rotatable bonds is 4. The Morgan fingerprint density at radius 3 is 2.20 bits per heavy atom. The molecule has 1 nitrogen and oxygen atoms in total. The fourth-order valence-electron chi connectivity index (χ4n) is 0.428. The molecular weight excluding hydrogens is 142 g/mol. The van der Waals surface area contributed by atoms with E-state index in [1.807, 2.05) is 18.0 Å². The van der Waals surface area contributed by atoms with Gasteiger partial charge < -0.3 is 5.32 Å². The second kappa shape index (κ2) is 5.66. The van der Waals surface area contributed by atoms with Gasteiger partial charge in [0.1, 0.15) is 0 Å². The molecule has 0 atom stereocenters. The number of hydrogen-bond donors (Lipinski definition) is 1. The number of thioether (sulfide) groups is 1. The van der Waals surface area contributed by atoms with Crippen LogP contribution < -0.4 is 5.32 Å². The Hall–Kier alpha value is -0.110. The van der Waals surface area contributed by atoms with Crippen molar-refractivity contribution in [1.82, 2.24) is 5.32 Å². The predicted octanol–water partition coefficient (Wildman–Crippen LogP) is 2.60. The van der Waals surface area contributed by atoms with Gasteiger partial charge in [0.05, 0.1) is 0 Å². The summed E-state index contributed by atoms with van der Waals surface area (Å²) in [4.78, 5) is 0. The van der Waals surface area contributed by atoms with Crippen LogP contribution in [0, 0.1) is 0 Å². The molecule has 0 aromatic carbocycles. The Bertz CT molecular complexity index is 85.4. The second-order valence-corrected chi connectivity index (χ2v) is 4.30. The van der Waals surface area contributed by atoms with Crippen LogP contribution in [0.2, 0.25) is 0 Å². The molecule has 0 amide bonds. The van der Waals surface area contributed by atoms with Crippen LogP contribution in [0.15, 0.2) is 11.6 Å². The molecule has 60 valence electrons. The summed E-state index contributed by atoms with van der Waals surface area (Å²) in [5.41, 5.74) is 0. The third-order valence-corrected chi connectivity index (χ3v) is 1.69. The van der Waals surface area contributed by atoms with Gasteiger partial charge >= 0.3 is 0 Å². The maximum absolute atomic E-state index is 3.20. The van der Waals surface area contributed by atoms with Gasteiger partial charge in [0.25, 0.3) is 0 Å². The van der Waals surface area contributed by atoms with Crippen molar-refractivity contribution < 1.29 is 0 Å². The Kier molecular flexibility index (Phi) is 5.60. The molecule has 0 aromatic heterocycles. The molecule has 0 heterocycles. The topological polar surface area (TPSA) is 12.0 Å². The van der Waals surface area contributed by atoms with Crippen LogP contribution in [0.5, 0.6) is 0 Å². The first-order valence-electron chi connectivity index (χ1n) is 3.69. The van der Waals surface area contributed by atoms with Crippen LogP contribution >= 0.6 is 11.8 Å². The highest BCUT2D eigenvalue weighted by Crippen LogP contribution is 2.08. The van der Waals surface area contributed by atoms with Crippen LogP contribution in [-0.2, 0) is 0 Å². The summed E-state index contributed by atoms with van der Waals surface area (Å²) >= 11 is 1.83. The SMILES string of the molecule is CC(C)NC=CSC(C)C. The minimum Gasteiger partial charge on any atom is -0.388 e. The predicted molar refractivity (Wildman–Crippen MR) is 50.1 cm³/mol. The molecule has 0 aliphatic heterocycles. The van der Waals surface area contributed by atoms with Crippen molar-refractivity contribution in [2.24, 2.45) is 0 Å². The zero-order valence-electron chi connectivity index (χ0n) is 7.22. The average Bonchev–Trinajstić information content (AvgIpc) is 1.79. The Labute approximate surface area is 68.3 Å². The van der Waals surface area contributed by atoms with Gasteiger partial charge in [0, 0.05) is 17.5 Å². The highest BCUT2D eigenvalue weighted by Gasteiger charge is 1.87. The smallest absolute Gasteiger partial charge is 0.0199 e. The first-order valence-corrected chi connectivity index (χ1v) is 4.63. The van der Waals surface area contributed by atoms with Gasteiger partial charge in [-0.15, -0.1) is 11.8 Å². The Morgan fingerprint density at radius 2 is 1.80 bits per heavy atom. The lowest BCUT2D eigenvalue weighted by atomic mass is 10.4. The summed E-state index contributed by atoms with van der Waals surface area (Å²) in [6, 6.07) is 0.545. The summed E-state index contributed by atoms with van der Waals surface area (Å²) in [7, 11) is 0. The molecule has 0 aliphatic carbocycles. The number of nitrogens with one attached hydrogen (secondary N) is 1. The molecule has 0 saturated heterocycles. The van der Waals surface area contributed by atoms with Crippen molar-refractivity contribution in [3.8, 4) is 0 Å². The minimum absolute atomic E-state index is 0.545. The largest absolute Gasteiger partial charge is 0.388 e.